The van der Waals surface area contributed by atoms with Gasteiger partial charge in [-0.15, -0.1) is 0 Å². The fourth-order valence-corrected chi connectivity index (χ4v) is 0. The SMILES string of the molecule is [C-]#N.[C-]#N.[C-]#N.[C-]#N.[C-]#N.[Fe+3].[NH2-].[Na+]. The summed E-state index contributed by atoms with van der Waals surface area (Å²) in [5.41, 5.74) is 0. The smallest absolute Gasteiger partial charge is 0.693 e. The number of nitrogens with zero attached hydrogens (tertiary/aromatic N) is 5. The average molecular weight is 225 g/mol. The van der Waals surface area contributed by atoms with E-state index in [9.17, 15) is 0 Å². The molecule has 0 saturated heterocycles. The van der Waals surface area contributed by atoms with Crippen LogP contribution in [0.1, 0.15) is 0 Å². The third kappa shape index (κ3) is 760. The maximum Gasteiger partial charge on any atom is 3.00 e. The summed E-state index contributed by atoms with van der Waals surface area (Å²) in [6.45, 7) is 23.8. The van der Waals surface area contributed by atoms with E-state index in [0.29, 0.717) is 0 Å². The molecule has 63 valence electrons. The molecule has 0 aliphatic heterocycles. The zero-order valence-corrected chi connectivity index (χ0v) is 9.77. The Bertz CT molecular complexity index is 79.6. The fourth-order valence-electron chi connectivity index (χ4n) is 0. The molecule has 0 fully saturated rings. The third-order valence-corrected chi connectivity index (χ3v) is 0. The van der Waals surface area contributed by atoms with Crippen molar-refractivity contribution in [2.24, 2.45) is 0 Å². The molecule has 0 aromatic rings. The zero-order valence-electron chi connectivity index (χ0n) is 6.67. The van der Waals surface area contributed by atoms with Crippen LogP contribution in [0.25, 0.3) is 6.15 Å². The van der Waals surface area contributed by atoms with Crippen LogP contribution in [0.3, 0.4) is 0 Å². The molecule has 2 N–H and O–H groups in total. The molecule has 0 spiro atoms. The summed E-state index contributed by atoms with van der Waals surface area (Å²) in [5.74, 6) is 0. The van der Waals surface area contributed by atoms with Gasteiger partial charge in [0, 0.05) is 0 Å². The molecule has 1 radical (unpaired) electrons. The van der Waals surface area contributed by atoms with Gasteiger partial charge < -0.3 is 65.3 Å². The van der Waals surface area contributed by atoms with E-state index in [-0.39, 0.29) is 52.8 Å². The van der Waals surface area contributed by atoms with E-state index < -0.39 is 0 Å². The number of nitrogens with two attached hydrogens (primary N) is 1. The summed E-state index contributed by atoms with van der Waals surface area (Å²) >= 11 is 0. The molecule has 0 aliphatic carbocycles. The van der Waals surface area contributed by atoms with Crippen LogP contribution < -0.4 is 29.6 Å². The number of rotatable bonds is 0. The Morgan fingerprint density at radius 2 is 0.462 bits per heavy atom. The Labute approximate surface area is 111 Å². The van der Waals surface area contributed by atoms with Crippen LogP contribution in [-0.4, -0.2) is 0 Å². The van der Waals surface area contributed by atoms with Crippen LogP contribution in [0.5, 0.6) is 0 Å². The van der Waals surface area contributed by atoms with E-state index >= 15 is 0 Å². The normalized spacial score (nSPS) is 0.769. The predicted molar refractivity (Wildman–Crippen MR) is 30.1 cm³/mol. The molecule has 6 nitrogen and oxygen atoms in total. The largest absolute Gasteiger partial charge is 3.00 e. The molecule has 0 saturated carbocycles. The summed E-state index contributed by atoms with van der Waals surface area (Å²) in [7, 11) is 0. The summed E-state index contributed by atoms with van der Waals surface area (Å²) in [5, 5.41) is 31.2. The van der Waals surface area contributed by atoms with Gasteiger partial charge >= 0.3 is 46.6 Å². The van der Waals surface area contributed by atoms with Gasteiger partial charge in [0.25, 0.3) is 0 Å². The van der Waals surface area contributed by atoms with Gasteiger partial charge in [-0.1, -0.05) is 0 Å². The molecule has 0 amide bonds. The van der Waals surface area contributed by atoms with Crippen molar-refractivity contribution >= 4 is 0 Å². The Balaban J connectivity index is -0.00000000379. The van der Waals surface area contributed by atoms with Gasteiger partial charge in [0.1, 0.15) is 0 Å². The van der Waals surface area contributed by atoms with Gasteiger partial charge in [-0.05, 0) is 0 Å². The van der Waals surface area contributed by atoms with Gasteiger partial charge in [0.05, 0.1) is 0 Å². The van der Waals surface area contributed by atoms with Crippen molar-refractivity contribution in [3.63, 3.8) is 0 Å². The van der Waals surface area contributed by atoms with Crippen molar-refractivity contribution < 1.29 is 46.6 Å². The minimum absolute atomic E-state index is 0. The van der Waals surface area contributed by atoms with Crippen LogP contribution in [0.15, 0.2) is 0 Å². The van der Waals surface area contributed by atoms with E-state index in [4.69, 9.17) is 59.2 Å². The van der Waals surface area contributed by atoms with Crippen LogP contribution >= 0.6 is 0 Å². The molecule has 0 heterocycles. The molecule has 0 rings (SSSR count). The van der Waals surface area contributed by atoms with Crippen LogP contribution in [-0.2, 0) is 17.1 Å². The molecule has 0 bridgehead atoms. The minimum atomic E-state index is 0. The summed E-state index contributed by atoms with van der Waals surface area (Å²) in [6, 6.07) is 0. The molecule has 0 unspecified atom stereocenters. The predicted octanol–water partition coefficient (Wildman–Crippen LogP) is -1.80. The van der Waals surface area contributed by atoms with Gasteiger partial charge in [-0.3, -0.25) is 0 Å². The fraction of sp³-hybridized carbons (Fsp3) is 0. The molecular formula is C5H2FeN6Na-2. The molecule has 0 atom stereocenters. The molecule has 0 aliphatic rings. The molecule has 8 heteroatoms. The van der Waals surface area contributed by atoms with Crippen molar-refractivity contribution in [2.45, 2.75) is 0 Å². The van der Waals surface area contributed by atoms with Gasteiger partial charge in [0.2, 0.25) is 0 Å². The number of hydrogen-bond donors (Lipinski definition) is 0. The zero-order chi connectivity index (χ0) is 10.0. The Morgan fingerprint density at radius 1 is 0.462 bits per heavy atom. The minimum Gasteiger partial charge on any atom is -0.693 e. The second-order valence-electron chi connectivity index (χ2n) is 0. The standard InChI is InChI=1S/5CN.Fe.H2N.Na/c5*1-2;;;/h;;;;;;1H2;/q5*-1;+3;-1;+1. The van der Waals surface area contributed by atoms with E-state index in [1.807, 2.05) is 0 Å². The van der Waals surface area contributed by atoms with Gasteiger partial charge in [-0.2, -0.15) is 0 Å². The van der Waals surface area contributed by atoms with E-state index in [1.54, 1.807) is 0 Å². The average Bonchev–Trinajstić information content (AvgIpc) is 2.20. The van der Waals surface area contributed by atoms with Crippen LogP contribution in [0.2, 0.25) is 0 Å². The van der Waals surface area contributed by atoms with Crippen molar-refractivity contribution in [3.05, 3.63) is 39.0 Å². The summed E-state index contributed by atoms with van der Waals surface area (Å²) in [4.78, 5) is 0. The molecule has 0 aromatic carbocycles. The monoisotopic (exact) mass is 225 g/mol. The Morgan fingerprint density at radius 3 is 0.462 bits per heavy atom. The Kier molecular flexibility index (Phi) is 6680. The molecule has 0 aromatic heterocycles. The second-order valence-corrected chi connectivity index (χ2v) is 0. The first kappa shape index (κ1) is 92.3. The van der Waals surface area contributed by atoms with Crippen molar-refractivity contribution in [3.8, 4) is 0 Å². The Hall–Kier alpha value is -1.07. The van der Waals surface area contributed by atoms with Gasteiger partial charge in [0.15, 0.2) is 0 Å². The summed E-state index contributed by atoms with van der Waals surface area (Å²) in [6.07, 6.45) is 0. The van der Waals surface area contributed by atoms with Crippen molar-refractivity contribution in [2.75, 3.05) is 0 Å². The van der Waals surface area contributed by atoms with Crippen molar-refractivity contribution in [1.29, 1.82) is 26.3 Å². The van der Waals surface area contributed by atoms with E-state index in [2.05, 4.69) is 0 Å². The first-order chi connectivity index (χ1) is 5.00. The maximum atomic E-state index is 6.25. The van der Waals surface area contributed by atoms with Crippen LogP contribution in [0, 0.1) is 59.2 Å². The first-order valence-electron chi connectivity index (χ1n) is 1.12. The first-order valence-corrected chi connectivity index (χ1v) is 1.12. The molecule has 13 heavy (non-hydrogen) atoms. The maximum absolute atomic E-state index is 6.25. The topological polar surface area (TPSA) is 152 Å². The molecular weight excluding hydrogens is 223 g/mol. The van der Waals surface area contributed by atoms with E-state index in [0.717, 1.165) is 0 Å². The van der Waals surface area contributed by atoms with Crippen molar-refractivity contribution in [1.82, 2.24) is 0 Å². The van der Waals surface area contributed by atoms with E-state index in [1.165, 1.54) is 0 Å². The van der Waals surface area contributed by atoms with Gasteiger partial charge in [-0.25, -0.2) is 0 Å². The van der Waals surface area contributed by atoms with Crippen LogP contribution in [0.4, 0.5) is 0 Å². The number of hydrogen-bond acceptors (Lipinski definition) is 5. The third-order valence-electron chi connectivity index (χ3n) is 0. The quantitative estimate of drug-likeness (QED) is 0.351. The summed E-state index contributed by atoms with van der Waals surface area (Å²) < 4.78 is 0. The second kappa shape index (κ2) is 940.